The monoisotopic (exact) mass is 379 g/mol. The van der Waals surface area contributed by atoms with E-state index in [1.807, 2.05) is 32.0 Å². The second kappa shape index (κ2) is 5.77. The molecular formula is C15H11Br2NO. The molecule has 0 saturated heterocycles. The van der Waals surface area contributed by atoms with Gasteiger partial charge in [-0.2, -0.15) is 5.26 Å². The first kappa shape index (κ1) is 14.1. The third-order valence-corrected chi connectivity index (χ3v) is 4.44. The Hall–Kier alpha value is -1.31. The van der Waals surface area contributed by atoms with E-state index in [4.69, 9.17) is 10.00 Å². The molecule has 0 aromatic heterocycles. The standard InChI is InChI=1S/C15H11Br2NO/c1-9-5-13(6-10(2)15(9)17)19-14-4-3-12(16)7-11(14)8-18/h3-7H,1-2H3. The van der Waals surface area contributed by atoms with Crippen molar-refractivity contribution in [1.29, 1.82) is 5.26 Å². The number of benzene rings is 2. The van der Waals surface area contributed by atoms with Crippen LogP contribution in [0, 0.1) is 25.2 Å². The molecule has 96 valence electrons. The Balaban J connectivity index is 2.40. The van der Waals surface area contributed by atoms with Crippen molar-refractivity contribution in [2.24, 2.45) is 0 Å². The first-order valence-electron chi connectivity index (χ1n) is 5.65. The van der Waals surface area contributed by atoms with Gasteiger partial charge in [0.1, 0.15) is 17.6 Å². The summed E-state index contributed by atoms with van der Waals surface area (Å²) >= 11 is 6.86. The first-order chi connectivity index (χ1) is 9.01. The number of hydrogen-bond acceptors (Lipinski definition) is 2. The Morgan fingerprint density at radius 2 is 1.68 bits per heavy atom. The Morgan fingerprint density at radius 3 is 2.26 bits per heavy atom. The van der Waals surface area contributed by atoms with Crippen molar-refractivity contribution in [2.45, 2.75) is 13.8 Å². The van der Waals surface area contributed by atoms with Gasteiger partial charge >= 0.3 is 0 Å². The van der Waals surface area contributed by atoms with Gasteiger partial charge in [0.2, 0.25) is 0 Å². The number of halogens is 2. The van der Waals surface area contributed by atoms with Crippen LogP contribution in [0.4, 0.5) is 0 Å². The van der Waals surface area contributed by atoms with E-state index in [-0.39, 0.29) is 0 Å². The normalized spacial score (nSPS) is 10.1. The van der Waals surface area contributed by atoms with Crippen LogP contribution >= 0.6 is 31.9 Å². The van der Waals surface area contributed by atoms with Crippen LogP contribution in [-0.4, -0.2) is 0 Å². The van der Waals surface area contributed by atoms with Crippen LogP contribution in [0.3, 0.4) is 0 Å². The molecule has 0 atom stereocenters. The molecule has 0 heterocycles. The molecule has 0 saturated carbocycles. The van der Waals surface area contributed by atoms with E-state index in [0.29, 0.717) is 11.3 Å². The van der Waals surface area contributed by atoms with Crippen LogP contribution in [0.25, 0.3) is 0 Å². The van der Waals surface area contributed by atoms with Gasteiger partial charge in [-0.25, -0.2) is 0 Å². The van der Waals surface area contributed by atoms with Crippen molar-refractivity contribution >= 4 is 31.9 Å². The van der Waals surface area contributed by atoms with Crippen molar-refractivity contribution in [3.05, 3.63) is 56.0 Å². The smallest absolute Gasteiger partial charge is 0.145 e. The van der Waals surface area contributed by atoms with Crippen LogP contribution < -0.4 is 4.74 Å². The quantitative estimate of drug-likeness (QED) is 0.689. The van der Waals surface area contributed by atoms with Crippen LogP contribution in [0.15, 0.2) is 39.3 Å². The van der Waals surface area contributed by atoms with E-state index < -0.39 is 0 Å². The highest BCUT2D eigenvalue weighted by Crippen LogP contribution is 2.31. The van der Waals surface area contributed by atoms with Gasteiger partial charge in [0, 0.05) is 8.95 Å². The molecule has 0 radical (unpaired) electrons. The van der Waals surface area contributed by atoms with Crippen molar-refractivity contribution in [1.82, 2.24) is 0 Å². The summed E-state index contributed by atoms with van der Waals surface area (Å²) in [4.78, 5) is 0. The lowest BCUT2D eigenvalue weighted by atomic mass is 10.1. The predicted octanol–water partition coefficient (Wildman–Crippen LogP) is 5.49. The van der Waals surface area contributed by atoms with Crippen molar-refractivity contribution in [3.63, 3.8) is 0 Å². The zero-order valence-corrected chi connectivity index (χ0v) is 13.7. The van der Waals surface area contributed by atoms with Crippen LogP contribution in [0.5, 0.6) is 11.5 Å². The summed E-state index contributed by atoms with van der Waals surface area (Å²) in [5, 5.41) is 9.12. The second-order valence-electron chi connectivity index (χ2n) is 4.23. The van der Waals surface area contributed by atoms with E-state index in [1.165, 1.54) is 0 Å². The molecule has 2 aromatic carbocycles. The topological polar surface area (TPSA) is 33.0 Å². The highest BCUT2D eigenvalue weighted by Gasteiger charge is 2.08. The minimum absolute atomic E-state index is 0.507. The summed E-state index contributed by atoms with van der Waals surface area (Å²) in [6, 6.07) is 11.4. The number of rotatable bonds is 2. The predicted molar refractivity (Wildman–Crippen MR) is 82.5 cm³/mol. The lowest BCUT2D eigenvalue weighted by Gasteiger charge is -2.11. The molecule has 0 aliphatic heterocycles. The molecule has 0 N–H and O–H groups in total. The molecule has 19 heavy (non-hydrogen) atoms. The summed E-state index contributed by atoms with van der Waals surface area (Å²) in [7, 11) is 0. The van der Waals surface area contributed by atoms with Gasteiger partial charge in [-0.3, -0.25) is 0 Å². The fourth-order valence-corrected chi connectivity index (χ4v) is 2.36. The number of nitriles is 1. The molecule has 0 spiro atoms. The van der Waals surface area contributed by atoms with Gasteiger partial charge in [0.15, 0.2) is 0 Å². The number of aryl methyl sites for hydroxylation is 2. The Labute approximate surface area is 129 Å². The lowest BCUT2D eigenvalue weighted by Crippen LogP contribution is -1.91. The van der Waals surface area contributed by atoms with Gasteiger partial charge in [-0.05, 0) is 55.3 Å². The average Bonchev–Trinajstić information content (AvgIpc) is 2.38. The fourth-order valence-electron chi connectivity index (χ4n) is 1.77. The maximum absolute atomic E-state index is 9.12. The van der Waals surface area contributed by atoms with Gasteiger partial charge in [-0.1, -0.05) is 31.9 Å². The molecule has 2 rings (SSSR count). The Kier molecular flexibility index (Phi) is 4.28. The average molecular weight is 381 g/mol. The van der Waals surface area contributed by atoms with Gasteiger partial charge in [-0.15, -0.1) is 0 Å². The third-order valence-electron chi connectivity index (χ3n) is 2.70. The van der Waals surface area contributed by atoms with Gasteiger partial charge < -0.3 is 4.74 Å². The maximum Gasteiger partial charge on any atom is 0.145 e. The molecule has 2 nitrogen and oxygen atoms in total. The molecular weight excluding hydrogens is 370 g/mol. The minimum atomic E-state index is 0.507. The minimum Gasteiger partial charge on any atom is -0.456 e. The van der Waals surface area contributed by atoms with Crippen molar-refractivity contribution in [3.8, 4) is 17.6 Å². The van der Waals surface area contributed by atoms with Crippen molar-refractivity contribution < 1.29 is 4.74 Å². The maximum atomic E-state index is 9.12. The molecule has 0 aliphatic carbocycles. The third kappa shape index (κ3) is 3.17. The van der Waals surface area contributed by atoms with Gasteiger partial charge in [0.25, 0.3) is 0 Å². The SMILES string of the molecule is Cc1cc(Oc2ccc(Br)cc2C#N)cc(C)c1Br. The van der Waals surface area contributed by atoms with E-state index in [1.54, 1.807) is 12.1 Å². The summed E-state index contributed by atoms with van der Waals surface area (Å²) in [6.45, 7) is 4.02. The number of hydrogen-bond donors (Lipinski definition) is 0. The van der Waals surface area contributed by atoms with Crippen molar-refractivity contribution in [2.75, 3.05) is 0 Å². The summed E-state index contributed by atoms with van der Waals surface area (Å²) in [5.74, 6) is 1.30. The lowest BCUT2D eigenvalue weighted by molar-refractivity contribution is 0.480. The molecule has 0 amide bonds. The van der Waals surface area contributed by atoms with E-state index in [2.05, 4.69) is 37.9 Å². The van der Waals surface area contributed by atoms with Gasteiger partial charge in [0.05, 0.1) is 5.56 Å². The van der Waals surface area contributed by atoms with Crippen LogP contribution in [0.1, 0.15) is 16.7 Å². The fraction of sp³-hybridized carbons (Fsp3) is 0.133. The zero-order valence-electron chi connectivity index (χ0n) is 10.5. The highest BCUT2D eigenvalue weighted by atomic mass is 79.9. The molecule has 0 fully saturated rings. The molecule has 2 aromatic rings. The molecule has 0 unspecified atom stereocenters. The summed E-state index contributed by atoms with van der Waals surface area (Å²) in [6.07, 6.45) is 0. The van der Waals surface area contributed by atoms with E-state index in [9.17, 15) is 0 Å². The van der Waals surface area contributed by atoms with E-state index in [0.717, 1.165) is 25.8 Å². The van der Waals surface area contributed by atoms with Crippen LogP contribution in [0.2, 0.25) is 0 Å². The van der Waals surface area contributed by atoms with Crippen LogP contribution in [-0.2, 0) is 0 Å². The first-order valence-corrected chi connectivity index (χ1v) is 7.24. The Morgan fingerprint density at radius 1 is 1.05 bits per heavy atom. The largest absolute Gasteiger partial charge is 0.456 e. The summed E-state index contributed by atoms with van der Waals surface area (Å²) < 4.78 is 7.75. The number of nitrogens with zero attached hydrogens (tertiary/aromatic N) is 1. The van der Waals surface area contributed by atoms with E-state index >= 15 is 0 Å². The Bertz CT molecular complexity index is 651. The highest BCUT2D eigenvalue weighted by molar-refractivity contribution is 9.10. The molecule has 4 heteroatoms. The molecule has 0 bridgehead atoms. The molecule has 0 aliphatic rings. The summed E-state index contributed by atoms with van der Waals surface area (Å²) in [5.41, 5.74) is 2.71. The second-order valence-corrected chi connectivity index (χ2v) is 5.93. The zero-order chi connectivity index (χ0) is 14.0. The number of ether oxygens (including phenoxy) is 1.